The van der Waals surface area contributed by atoms with E-state index < -0.39 is 0 Å². The lowest BCUT2D eigenvalue weighted by Crippen LogP contribution is -2.65. The maximum atomic E-state index is 13.2. The van der Waals surface area contributed by atoms with Crippen molar-refractivity contribution in [2.45, 2.75) is 83.2 Å². The van der Waals surface area contributed by atoms with Gasteiger partial charge in [0.25, 0.3) is 5.91 Å². The second kappa shape index (κ2) is 8.01. The Bertz CT molecular complexity index is 772. The standard InChI is InChI=1S/C23H33N3O2S/c1-15-24-19(14-29-15)23(28)25-12-17-11-18(13-25)21(10-16-6-3-2-4-7-16)26-20(17)8-5-9-22(26)27/h14,16-18,20-21H,2-13H2,1H3/t17-,18+,20+,21+/m1/s1. The van der Waals surface area contributed by atoms with Crippen molar-refractivity contribution in [3.63, 3.8) is 0 Å². The third-order valence-corrected chi connectivity index (χ3v) is 8.70. The molecule has 4 fully saturated rings. The molecule has 6 heteroatoms. The van der Waals surface area contributed by atoms with Crippen LogP contribution in [0.2, 0.25) is 0 Å². The van der Waals surface area contributed by atoms with Gasteiger partial charge in [0.2, 0.25) is 5.91 Å². The Hall–Kier alpha value is -1.43. The zero-order valence-electron chi connectivity index (χ0n) is 17.5. The van der Waals surface area contributed by atoms with Crippen LogP contribution < -0.4 is 0 Å². The summed E-state index contributed by atoms with van der Waals surface area (Å²) in [7, 11) is 0. The van der Waals surface area contributed by atoms with Crippen molar-refractivity contribution in [2.24, 2.45) is 17.8 Å². The summed E-state index contributed by atoms with van der Waals surface area (Å²) in [5, 5.41) is 2.85. The molecule has 0 N–H and O–H groups in total. The maximum absolute atomic E-state index is 13.2. The number of hydrogen-bond acceptors (Lipinski definition) is 4. The van der Waals surface area contributed by atoms with Crippen molar-refractivity contribution < 1.29 is 9.59 Å². The van der Waals surface area contributed by atoms with Gasteiger partial charge in [0.05, 0.1) is 5.01 Å². The Balaban J connectivity index is 1.39. The average molecular weight is 416 g/mol. The third kappa shape index (κ3) is 3.73. The van der Waals surface area contributed by atoms with Crippen LogP contribution in [-0.2, 0) is 4.79 Å². The fraction of sp³-hybridized carbons (Fsp3) is 0.783. The van der Waals surface area contributed by atoms with Crippen LogP contribution in [-0.4, -0.2) is 51.8 Å². The first-order valence-corrected chi connectivity index (χ1v) is 12.5. The second-order valence-corrected chi connectivity index (χ2v) is 10.8. The number of thiazole rings is 1. The minimum atomic E-state index is 0.0936. The number of amides is 2. The predicted octanol–water partition coefficient (Wildman–Crippen LogP) is 4.26. The van der Waals surface area contributed by atoms with E-state index in [-0.39, 0.29) is 5.91 Å². The van der Waals surface area contributed by atoms with Crippen LogP contribution in [0.15, 0.2) is 5.38 Å². The first-order valence-electron chi connectivity index (χ1n) is 11.6. The number of carbonyl (C=O) groups excluding carboxylic acids is 2. The molecule has 2 amide bonds. The summed E-state index contributed by atoms with van der Waals surface area (Å²) in [5.41, 5.74) is 0.605. The molecule has 0 radical (unpaired) electrons. The Morgan fingerprint density at radius 2 is 1.93 bits per heavy atom. The van der Waals surface area contributed by atoms with E-state index >= 15 is 0 Å². The van der Waals surface area contributed by atoms with Gasteiger partial charge >= 0.3 is 0 Å². The Morgan fingerprint density at radius 3 is 2.69 bits per heavy atom. The highest BCUT2D eigenvalue weighted by Gasteiger charge is 2.50. The van der Waals surface area contributed by atoms with Crippen LogP contribution in [0.5, 0.6) is 0 Å². The van der Waals surface area contributed by atoms with Gasteiger partial charge < -0.3 is 9.80 Å². The molecule has 1 saturated carbocycles. The van der Waals surface area contributed by atoms with Gasteiger partial charge in [-0.1, -0.05) is 32.1 Å². The third-order valence-electron chi connectivity index (χ3n) is 7.92. The highest BCUT2D eigenvalue weighted by atomic mass is 32.1. The first-order chi connectivity index (χ1) is 14.1. The zero-order chi connectivity index (χ0) is 20.0. The first kappa shape index (κ1) is 19.5. The molecule has 3 saturated heterocycles. The minimum absolute atomic E-state index is 0.0936. The number of rotatable bonds is 3. The number of aromatic nitrogens is 1. The number of likely N-dealkylation sites (tertiary alicyclic amines) is 1. The highest BCUT2D eigenvalue weighted by Crippen LogP contribution is 2.44. The highest BCUT2D eigenvalue weighted by molar-refractivity contribution is 7.09. The maximum Gasteiger partial charge on any atom is 0.273 e. The summed E-state index contributed by atoms with van der Waals surface area (Å²) < 4.78 is 0. The van der Waals surface area contributed by atoms with Crippen molar-refractivity contribution >= 4 is 23.2 Å². The van der Waals surface area contributed by atoms with Gasteiger partial charge in [-0.15, -0.1) is 11.3 Å². The van der Waals surface area contributed by atoms with E-state index in [0.29, 0.717) is 35.5 Å². The molecule has 5 nitrogen and oxygen atoms in total. The molecular weight excluding hydrogens is 382 g/mol. The zero-order valence-corrected chi connectivity index (χ0v) is 18.3. The topological polar surface area (TPSA) is 53.5 Å². The molecule has 0 spiro atoms. The van der Waals surface area contributed by atoms with Crippen molar-refractivity contribution in [2.75, 3.05) is 13.1 Å². The molecule has 1 aromatic rings. The lowest BCUT2D eigenvalue weighted by atomic mass is 9.69. The number of aryl methyl sites for hydroxylation is 1. The smallest absolute Gasteiger partial charge is 0.273 e. The van der Waals surface area contributed by atoms with E-state index in [1.165, 1.54) is 38.5 Å². The lowest BCUT2D eigenvalue weighted by molar-refractivity contribution is -0.153. The van der Waals surface area contributed by atoms with Gasteiger partial charge in [-0.3, -0.25) is 9.59 Å². The molecular formula is C23H33N3O2S. The van der Waals surface area contributed by atoms with Crippen LogP contribution in [0.3, 0.4) is 0 Å². The van der Waals surface area contributed by atoms with Gasteiger partial charge in [-0.05, 0) is 50.4 Å². The normalized spacial score (nSPS) is 32.9. The number of piperidine rings is 3. The van der Waals surface area contributed by atoms with Crippen LogP contribution in [0.4, 0.5) is 0 Å². The van der Waals surface area contributed by atoms with E-state index in [1.54, 1.807) is 11.3 Å². The summed E-state index contributed by atoms with van der Waals surface area (Å²) in [6, 6.07) is 0.675. The average Bonchev–Trinajstić information content (AvgIpc) is 3.17. The molecule has 0 unspecified atom stereocenters. The molecule has 29 heavy (non-hydrogen) atoms. The monoisotopic (exact) mass is 415 g/mol. The van der Waals surface area contributed by atoms with Gasteiger partial charge in [0.1, 0.15) is 5.69 Å². The molecule has 0 aromatic carbocycles. The SMILES string of the molecule is Cc1nc(C(=O)N2C[C@H]3C[C@@H](C2)[C@H](CC2CCCCC2)N2C(=O)CCC[C@@H]32)cs1. The molecule has 3 aliphatic heterocycles. The van der Waals surface area contributed by atoms with Crippen molar-refractivity contribution in [3.05, 3.63) is 16.1 Å². The summed E-state index contributed by atoms with van der Waals surface area (Å²) in [6.45, 7) is 3.54. The van der Waals surface area contributed by atoms with E-state index in [0.717, 1.165) is 49.7 Å². The summed E-state index contributed by atoms with van der Waals surface area (Å²) in [6.07, 6.45) is 11.9. The molecule has 158 valence electrons. The second-order valence-electron chi connectivity index (χ2n) is 9.79. The van der Waals surface area contributed by atoms with Crippen LogP contribution in [0.25, 0.3) is 0 Å². The lowest BCUT2D eigenvalue weighted by Gasteiger charge is -2.57. The Kier molecular flexibility index (Phi) is 5.39. The Labute approximate surface area is 177 Å². The fourth-order valence-electron chi connectivity index (χ4n) is 6.63. The molecule has 4 atom stereocenters. The quantitative estimate of drug-likeness (QED) is 0.741. The van der Waals surface area contributed by atoms with E-state index in [9.17, 15) is 9.59 Å². The van der Waals surface area contributed by atoms with Crippen LogP contribution >= 0.6 is 11.3 Å². The van der Waals surface area contributed by atoms with Crippen LogP contribution in [0, 0.1) is 24.7 Å². The van der Waals surface area contributed by atoms with Crippen molar-refractivity contribution in [1.82, 2.24) is 14.8 Å². The van der Waals surface area contributed by atoms with Crippen molar-refractivity contribution in [3.8, 4) is 0 Å². The van der Waals surface area contributed by atoms with E-state index in [2.05, 4.69) is 14.8 Å². The summed E-state index contributed by atoms with van der Waals surface area (Å²) in [5.74, 6) is 2.10. The van der Waals surface area contributed by atoms with Gasteiger partial charge in [-0.2, -0.15) is 0 Å². The number of fused-ring (bicyclic) bond motifs is 4. The van der Waals surface area contributed by atoms with Gasteiger partial charge in [0, 0.05) is 37.0 Å². The molecule has 5 rings (SSSR count). The van der Waals surface area contributed by atoms with Crippen LogP contribution in [0.1, 0.15) is 79.7 Å². The summed E-state index contributed by atoms with van der Waals surface area (Å²) >= 11 is 1.55. The molecule has 4 heterocycles. The number of nitrogens with zero attached hydrogens (tertiary/aromatic N) is 3. The summed E-state index contributed by atoms with van der Waals surface area (Å²) in [4.78, 5) is 35.0. The predicted molar refractivity (Wildman–Crippen MR) is 114 cm³/mol. The molecule has 2 bridgehead atoms. The van der Waals surface area contributed by atoms with E-state index in [4.69, 9.17) is 0 Å². The van der Waals surface area contributed by atoms with Crippen molar-refractivity contribution in [1.29, 1.82) is 0 Å². The van der Waals surface area contributed by atoms with E-state index in [1.807, 2.05) is 12.3 Å². The van der Waals surface area contributed by atoms with Gasteiger partial charge in [0.15, 0.2) is 0 Å². The Morgan fingerprint density at radius 1 is 1.14 bits per heavy atom. The number of hydrogen-bond donors (Lipinski definition) is 0. The molecule has 1 aliphatic carbocycles. The largest absolute Gasteiger partial charge is 0.337 e. The fourth-order valence-corrected chi connectivity index (χ4v) is 7.22. The molecule has 4 aliphatic rings. The molecule has 1 aromatic heterocycles. The van der Waals surface area contributed by atoms with Gasteiger partial charge in [-0.25, -0.2) is 4.98 Å². The number of carbonyl (C=O) groups is 2. The minimum Gasteiger partial charge on any atom is -0.337 e.